The van der Waals surface area contributed by atoms with E-state index in [1.165, 1.54) is 17.5 Å². The minimum atomic E-state index is -0.882. The first-order valence-electron chi connectivity index (χ1n) is 11.8. The summed E-state index contributed by atoms with van der Waals surface area (Å²) < 4.78 is 4.08. The standard InChI is InChI=1S/C26H30BrN5O2S/c1-26(2,24(33)34)17-32-15-8-4-3-5-10-18-11-6-7-12-19(18)23-20(27)16-28-25(30-23)31-35-22-14-9-13-21(32)29-22/h6-7,9,11-14,16H,3-5,8,10,15,17H2,1-2H3,(H,33,34)(H,28,30,31). The summed E-state index contributed by atoms with van der Waals surface area (Å²) in [5.74, 6) is 0.471. The van der Waals surface area contributed by atoms with Crippen LogP contribution in [-0.2, 0) is 11.2 Å². The van der Waals surface area contributed by atoms with Crippen LogP contribution in [0.1, 0.15) is 45.1 Å². The van der Waals surface area contributed by atoms with Gasteiger partial charge >= 0.3 is 5.97 Å². The molecule has 0 fully saturated rings. The third-order valence-electron chi connectivity index (χ3n) is 6.09. The highest BCUT2D eigenvalue weighted by atomic mass is 79.9. The molecular weight excluding hydrogens is 526 g/mol. The average molecular weight is 557 g/mol. The Balaban J connectivity index is 1.65. The van der Waals surface area contributed by atoms with Gasteiger partial charge in [-0.3, -0.25) is 9.52 Å². The van der Waals surface area contributed by atoms with Gasteiger partial charge in [0.2, 0.25) is 5.95 Å². The van der Waals surface area contributed by atoms with Gasteiger partial charge in [0, 0.05) is 36.8 Å². The molecule has 0 aliphatic carbocycles. The van der Waals surface area contributed by atoms with Crippen molar-refractivity contribution in [1.29, 1.82) is 0 Å². The summed E-state index contributed by atoms with van der Waals surface area (Å²) in [4.78, 5) is 27.9. The SMILES string of the molecule is CC(C)(CN1CCCCCCc2ccccc2-c2nc(ncc2Br)NSc2cccc1n2)C(=O)O. The summed E-state index contributed by atoms with van der Waals surface area (Å²) in [7, 11) is 0. The molecule has 9 heteroatoms. The number of nitrogens with zero attached hydrogens (tertiary/aromatic N) is 4. The van der Waals surface area contributed by atoms with Crippen molar-refractivity contribution in [3.8, 4) is 11.3 Å². The molecule has 4 bridgehead atoms. The van der Waals surface area contributed by atoms with Crippen LogP contribution >= 0.6 is 27.9 Å². The molecule has 3 heterocycles. The van der Waals surface area contributed by atoms with Crippen molar-refractivity contribution in [1.82, 2.24) is 15.0 Å². The van der Waals surface area contributed by atoms with Crippen LogP contribution in [0.2, 0.25) is 0 Å². The number of aromatic nitrogens is 3. The number of fused-ring (bicyclic) bond motifs is 6. The van der Waals surface area contributed by atoms with Crippen LogP contribution in [0.5, 0.6) is 0 Å². The molecule has 4 rings (SSSR count). The molecule has 0 saturated heterocycles. The highest BCUT2D eigenvalue weighted by Gasteiger charge is 2.30. The number of carboxylic acid groups (broad SMARTS) is 1. The zero-order valence-corrected chi connectivity index (χ0v) is 22.4. The van der Waals surface area contributed by atoms with E-state index >= 15 is 0 Å². The number of hydrogen-bond acceptors (Lipinski definition) is 7. The van der Waals surface area contributed by atoms with Gasteiger partial charge < -0.3 is 10.0 Å². The Labute approximate surface area is 219 Å². The fraction of sp³-hybridized carbons (Fsp3) is 0.385. The quantitative estimate of drug-likeness (QED) is 0.356. The first kappa shape index (κ1) is 25.4. The summed E-state index contributed by atoms with van der Waals surface area (Å²) in [5, 5.41) is 10.5. The molecular formula is C26H30BrN5O2S. The van der Waals surface area contributed by atoms with Crippen molar-refractivity contribution < 1.29 is 9.90 Å². The zero-order valence-electron chi connectivity index (χ0n) is 20.0. The second-order valence-corrected chi connectivity index (χ2v) is 11.0. The Bertz CT molecular complexity index is 1190. The zero-order chi connectivity index (χ0) is 24.8. The normalized spacial score (nSPS) is 15.0. The van der Waals surface area contributed by atoms with Crippen LogP contribution in [0, 0.1) is 5.41 Å². The molecule has 2 aromatic heterocycles. The van der Waals surface area contributed by atoms with Crippen LogP contribution in [0.25, 0.3) is 11.3 Å². The maximum atomic E-state index is 11.8. The summed E-state index contributed by atoms with van der Waals surface area (Å²) >= 11 is 4.97. The maximum absolute atomic E-state index is 11.8. The largest absolute Gasteiger partial charge is 0.481 e. The number of halogens is 1. The fourth-order valence-electron chi connectivity index (χ4n) is 4.10. The fourth-order valence-corrected chi connectivity index (χ4v) is 5.08. The summed E-state index contributed by atoms with van der Waals surface area (Å²) in [6.45, 7) is 4.68. The van der Waals surface area contributed by atoms with E-state index in [1.54, 1.807) is 20.0 Å². The molecule has 2 N–H and O–H groups in total. The molecule has 1 aromatic carbocycles. The summed E-state index contributed by atoms with van der Waals surface area (Å²) in [5.41, 5.74) is 2.37. The Hall–Kier alpha value is -2.65. The van der Waals surface area contributed by atoms with E-state index < -0.39 is 11.4 Å². The lowest BCUT2D eigenvalue weighted by Gasteiger charge is -2.31. The lowest BCUT2D eigenvalue weighted by Crippen LogP contribution is -2.40. The first-order valence-corrected chi connectivity index (χ1v) is 13.4. The minimum Gasteiger partial charge on any atom is -0.481 e. The van der Waals surface area contributed by atoms with E-state index in [0.29, 0.717) is 12.5 Å². The Morgan fingerprint density at radius 3 is 2.74 bits per heavy atom. The average Bonchev–Trinajstić information content (AvgIpc) is 2.85. The molecule has 0 saturated carbocycles. The number of benzene rings is 1. The van der Waals surface area contributed by atoms with Crippen LogP contribution in [0.15, 0.2) is 58.2 Å². The Morgan fingerprint density at radius 1 is 1.11 bits per heavy atom. The highest BCUT2D eigenvalue weighted by Crippen LogP contribution is 2.32. The van der Waals surface area contributed by atoms with Gasteiger partial charge in [-0.25, -0.2) is 15.0 Å². The number of hydrogen-bond donors (Lipinski definition) is 2. The third kappa shape index (κ3) is 6.52. The molecule has 0 spiro atoms. The van der Waals surface area contributed by atoms with E-state index in [0.717, 1.165) is 65.2 Å². The molecule has 35 heavy (non-hydrogen) atoms. The Kier molecular flexibility index (Phi) is 8.28. The predicted molar refractivity (Wildman–Crippen MR) is 145 cm³/mol. The molecule has 0 atom stereocenters. The van der Waals surface area contributed by atoms with Crippen molar-refractivity contribution in [2.45, 2.75) is 51.0 Å². The van der Waals surface area contributed by atoms with Gasteiger partial charge in [0.1, 0.15) is 10.8 Å². The number of carboxylic acids is 1. The number of pyridine rings is 1. The number of nitrogens with one attached hydrogen (secondary N) is 1. The van der Waals surface area contributed by atoms with E-state index in [1.807, 2.05) is 24.3 Å². The summed E-state index contributed by atoms with van der Waals surface area (Å²) in [6, 6.07) is 14.2. The van der Waals surface area contributed by atoms with Crippen molar-refractivity contribution >= 4 is 45.6 Å². The number of aliphatic carboxylic acids is 1. The molecule has 184 valence electrons. The second-order valence-electron chi connectivity index (χ2n) is 9.36. The van der Waals surface area contributed by atoms with Crippen molar-refractivity contribution in [2.24, 2.45) is 5.41 Å². The summed E-state index contributed by atoms with van der Waals surface area (Å²) in [6.07, 6.45) is 6.98. The highest BCUT2D eigenvalue weighted by molar-refractivity contribution is 9.10. The first-order chi connectivity index (χ1) is 16.8. The monoisotopic (exact) mass is 555 g/mol. The van der Waals surface area contributed by atoms with E-state index in [4.69, 9.17) is 9.97 Å². The van der Waals surface area contributed by atoms with Crippen LogP contribution in [0.3, 0.4) is 0 Å². The van der Waals surface area contributed by atoms with Crippen molar-refractivity contribution in [3.05, 3.63) is 58.7 Å². The van der Waals surface area contributed by atoms with E-state index in [2.05, 4.69) is 48.7 Å². The predicted octanol–water partition coefficient (Wildman–Crippen LogP) is 6.45. The Morgan fingerprint density at radius 2 is 1.91 bits per heavy atom. The molecule has 1 aliphatic rings. The van der Waals surface area contributed by atoms with Crippen LogP contribution in [-0.4, -0.2) is 39.1 Å². The van der Waals surface area contributed by atoms with E-state index in [9.17, 15) is 9.90 Å². The van der Waals surface area contributed by atoms with Crippen LogP contribution < -0.4 is 9.62 Å². The molecule has 7 nitrogen and oxygen atoms in total. The molecule has 3 aromatic rings. The van der Waals surface area contributed by atoms with Gasteiger partial charge in [0.15, 0.2) is 0 Å². The number of aryl methyl sites for hydroxylation is 1. The smallest absolute Gasteiger partial charge is 0.310 e. The maximum Gasteiger partial charge on any atom is 0.310 e. The number of rotatable bonds is 3. The second kappa shape index (κ2) is 11.4. The number of anilines is 2. The van der Waals surface area contributed by atoms with Gasteiger partial charge in [-0.05, 0) is 66.7 Å². The molecule has 0 radical (unpaired) electrons. The molecule has 1 aliphatic heterocycles. The lowest BCUT2D eigenvalue weighted by molar-refractivity contribution is -0.146. The lowest BCUT2D eigenvalue weighted by atomic mass is 9.93. The molecule has 0 unspecified atom stereocenters. The van der Waals surface area contributed by atoms with Gasteiger partial charge in [0.05, 0.1) is 15.6 Å². The van der Waals surface area contributed by atoms with Gasteiger partial charge in [-0.15, -0.1) is 0 Å². The van der Waals surface area contributed by atoms with Gasteiger partial charge in [-0.2, -0.15) is 0 Å². The minimum absolute atomic E-state index is 0.392. The molecule has 0 amide bonds. The van der Waals surface area contributed by atoms with Gasteiger partial charge in [-0.1, -0.05) is 43.2 Å². The van der Waals surface area contributed by atoms with Crippen molar-refractivity contribution in [3.63, 3.8) is 0 Å². The van der Waals surface area contributed by atoms with Crippen LogP contribution in [0.4, 0.5) is 11.8 Å². The number of carbonyl (C=O) groups is 1. The van der Waals surface area contributed by atoms with Crippen molar-refractivity contribution in [2.75, 3.05) is 22.7 Å². The topological polar surface area (TPSA) is 91.2 Å². The van der Waals surface area contributed by atoms with E-state index in [-0.39, 0.29) is 0 Å². The third-order valence-corrected chi connectivity index (χ3v) is 7.39. The van der Waals surface area contributed by atoms with Gasteiger partial charge in [0.25, 0.3) is 0 Å².